The summed E-state index contributed by atoms with van der Waals surface area (Å²) in [5.41, 5.74) is -0.559. The number of nitrogens with zero attached hydrogens (tertiary/aromatic N) is 1. The summed E-state index contributed by atoms with van der Waals surface area (Å²) in [7, 11) is 0. The molecule has 6 heteroatoms. The fourth-order valence-electron chi connectivity index (χ4n) is 2.31. The highest BCUT2D eigenvalue weighted by molar-refractivity contribution is 5.72. The number of hydrogen-bond acceptors (Lipinski definition) is 5. The minimum absolute atomic E-state index is 0.0711. The minimum atomic E-state index is -0.559. The Balaban J connectivity index is 2.44. The molecule has 1 rings (SSSR count). The molecular formula is C14H26N2O4. The Hall–Kier alpha value is -1.30. The third-order valence-electron chi connectivity index (χ3n) is 3.31. The zero-order valence-electron chi connectivity index (χ0n) is 12.8. The topological polar surface area (TPSA) is 81.9 Å². The molecule has 0 aromatic heterocycles. The smallest absolute Gasteiger partial charge is 0.424 e. The van der Waals surface area contributed by atoms with Crippen molar-refractivity contribution in [1.29, 1.82) is 0 Å². The Morgan fingerprint density at radius 2 is 1.75 bits per heavy atom. The second kappa shape index (κ2) is 6.92. The Kier molecular flexibility index (Phi) is 5.80. The summed E-state index contributed by atoms with van der Waals surface area (Å²) in [5, 5.41) is 1.16. The second-order valence-corrected chi connectivity index (χ2v) is 6.15. The van der Waals surface area contributed by atoms with Gasteiger partial charge in [0.05, 0.1) is 18.6 Å². The van der Waals surface area contributed by atoms with E-state index in [-0.39, 0.29) is 17.9 Å². The van der Waals surface area contributed by atoms with Crippen molar-refractivity contribution in [2.24, 2.45) is 11.8 Å². The average Bonchev–Trinajstić information content (AvgIpc) is 2.36. The standard InChI is InChI=1S/C14H26N2O4/c1-5-19-12(17)10-6-8-11(9-7-10)16(15)13(18)20-14(2,3)4/h10-11H,5-9,15H2,1-4H3/t10-,11+. The van der Waals surface area contributed by atoms with Gasteiger partial charge in [-0.05, 0) is 53.4 Å². The first-order valence-electron chi connectivity index (χ1n) is 7.18. The van der Waals surface area contributed by atoms with Crippen LogP contribution in [0.25, 0.3) is 0 Å². The number of hydrazine groups is 1. The van der Waals surface area contributed by atoms with Gasteiger partial charge in [0.1, 0.15) is 5.60 Å². The predicted molar refractivity (Wildman–Crippen MR) is 74.6 cm³/mol. The number of nitrogens with two attached hydrogens (primary N) is 1. The lowest BCUT2D eigenvalue weighted by Crippen LogP contribution is -2.49. The molecule has 1 saturated carbocycles. The van der Waals surface area contributed by atoms with Gasteiger partial charge >= 0.3 is 12.1 Å². The molecule has 1 aliphatic rings. The number of rotatable bonds is 3. The van der Waals surface area contributed by atoms with Gasteiger partial charge in [0.2, 0.25) is 0 Å². The molecule has 2 N–H and O–H groups in total. The van der Waals surface area contributed by atoms with Crippen LogP contribution in [-0.2, 0) is 14.3 Å². The van der Waals surface area contributed by atoms with Crippen molar-refractivity contribution in [1.82, 2.24) is 5.01 Å². The SMILES string of the molecule is CCOC(=O)[C@H]1CC[C@@H](N(N)C(=O)OC(C)(C)C)CC1. The van der Waals surface area contributed by atoms with E-state index < -0.39 is 11.7 Å². The summed E-state index contributed by atoms with van der Waals surface area (Å²) in [6, 6.07) is -0.0736. The largest absolute Gasteiger partial charge is 0.466 e. The van der Waals surface area contributed by atoms with Gasteiger partial charge in [-0.25, -0.2) is 15.6 Å². The lowest BCUT2D eigenvalue weighted by atomic mass is 9.86. The number of hydrogen-bond donors (Lipinski definition) is 1. The van der Waals surface area contributed by atoms with E-state index >= 15 is 0 Å². The zero-order valence-corrected chi connectivity index (χ0v) is 12.8. The van der Waals surface area contributed by atoms with E-state index in [9.17, 15) is 9.59 Å². The molecule has 0 aromatic carbocycles. The highest BCUT2D eigenvalue weighted by atomic mass is 16.6. The van der Waals surface area contributed by atoms with Crippen LogP contribution in [0, 0.1) is 5.92 Å². The van der Waals surface area contributed by atoms with Gasteiger partial charge < -0.3 is 9.47 Å². The molecular weight excluding hydrogens is 260 g/mol. The monoisotopic (exact) mass is 286 g/mol. The van der Waals surface area contributed by atoms with Gasteiger partial charge in [-0.15, -0.1) is 0 Å². The van der Waals surface area contributed by atoms with Crippen LogP contribution in [0.15, 0.2) is 0 Å². The molecule has 0 spiro atoms. The number of carbonyl (C=O) groups excluding carboxylic acids is 2. The van der Waals surface area contributed by atoms with Gasteiger partial charge in [-0.3, -0.25) is 4.79 Å². The molecule has 0 saturated heterocycles. The van der Waals surface area contributed by atoms with Crippen molar-refractivity contribution in [2.75, 3.05) is 6.61 Å². The van der Waals surface area contributed by atoms with E-state index in [2.05, 4.69) is 0 Å². The fraction of sp³-hybridized carbons (Fsp3) is 0.857. The Bertz CT molecular complexity index is 344. The number of amides is 1. The summed E-state index contributed by atoms with van der Waals surface area (Å²) in [6.45, 7) is 7.61. The summed E-state index contributed by atoms with van der Waals surface area (Å²) >= 11 is 0. The number of carbonyl (C=O) groups is 2. The lowest BCUT2D eigenvalue weighted by molar-refractivity contribution is -0.149. The average molecular weight is 286 g/mol. The van der Waals surface area contributed by atoms with Crippen molar-refractivity contribution in [3.8, 4) is 0 Å². The van der Waals surface area contributed by atoms with E-state index in [0.717, 1.165) is 5.01 Å². The molecule has 116 valence electrons. The first-order chi connectivity index (χ1) is 9.24. The molecule has 20 heavy (non-hydrogen) atoms. The van der Waals surface area contributed by atoms with Gasteiger partial charge in [0.25, 0.3) is 0 Å². The molecule has 0 unspecified atom stereocenters. The van der Waals surface area contributed by atoms with Gasteiger partial charge in [0, 0.05) is 0 Å². The van der Waals surface area contributed by atoms with E-state index in [1.165, 1.54) is 0 Å². The van der Waals surface area contributed by atoms with Crippen molar-refractivity contribution in [3.05, 3.63) is 0 Å². The maximum absolute atomic E-state index is 11.9. The summed E-state index contributed by atoms with van der Waals surface area (Å²) in [4.78, 5) is 23.5. The maximum Gasteiger partial charge on any atom is 0.424 e. The van der Waals surface area contributed by atoms with Crippen molar-refractivity contribution >= 4 is 12.1 Å². The first kappa shape index (κ1) is 16.8. The minimum Gasteiger partial charge on any atom is -0.466 e. The molecule has 0 aliphatic heterocycles. The highest BCUT2D eigenvalue weighted by Crippen LogP contribution is 2.28. The fourth-order valence-corrected chi connectivity index (χ4v) is 2.31. The molecule has 1 fully saturated rings. The summed E-state index contributed by atoms with van der Waals surface area (Å²) in [6.07, 6.45) is 2.26. The molecule has 0 radical (unpaired) electrons. The Morgan fingerprint density at radius 3 is 2.20 bits per heavy atom. The van der Waals surface area contributed by atoms with Crippen LogP contribution < -0.4 is 5.84 Å². The van der Waals surface area contributed by atoms with Crippen LogP contribution in [0.3, 0.4) is 0 Å². The van der Waals surface area contributed by atoms with E-state index in [4.69, 9.17) is 15.3 Å². The second-order valence-electron chi connectivity index (χ2n) is 6.15. The third kappa shape index (κ3) is 5.00. The van der Waals surface area contributed by atoms with Crippen molar-refractivity contribution < 1.29 is 19.1 Å². The Morgan fingerprint density at radius 1 is 1.20 bits per heavy atom. The maximum atomic E-state index is 11.9. The summed E-state index contributed by atoms with van der Waals surface area (Å²) < 4.78 is 10.3. The van der Waals surface area contributed by atoms with Crippen LogP contribution >= 0.6 is 0 Å². The van der Waals surface area contributed by atoms with Crippen molar-refractivity contribution in [2.45, 2.75) is 65.0 Å². The molecule has 0 heterocycles. The van der Waals surface area contributed by atoms with Crippen LogP contribution in [0.2, 0.25) is 0 Å². The number of ether oxygens (including phenoxy) is 2. The molecule has 0 aromatic rings. The normalized spacial score (nSPS) is 23.1. The predicted octanol–water partition coefficient (Wildman–Crippen LogP) is 2.22. The van der Waals surface area contributed by atoms with Crippen LogP contribution in [0.1, 0.15) is 53.4 Å². The molecule has 6 nitrogen and oxygen atoms in total. The molecule has 1 amide bonds. The zero-order chi connectivity index (χ0) is 15.3. The van der Waals surface area contributed by atoms with Crippen LogP contribution in [0.5, 0.6) is 0 Å². The Labute approximate surface area is 120 Å². The van der Waals surface area contributed by atoms with E-state index in [1.807, 2.05) is 0 Å². The van der Waals surface area contributed by atoms with Gasteiger partial charge in [-0.1, -0.05) is 0 Å². The van der Waals surface area contributed by atoms with Crippen molar-refractivity contribution in [3.63, 3.8) is 0 Å². The van der Waals surface area contributed by atoms with Gasteiger partial charge in [0.15, 0.2) is 0 Å². The van der Waals surface area contributed by atoms with E-state index in [1.54, 1.807) is 27.7 Å². The quantitative estimate of drug-likeness (QED) is 0.372. The molecule has 1 aliphatic carbocycles. The third-order valence-corrected chi connectivity index (χ3v) is 3.31. The number of esters is 1. The van der Waals surface area contributed by atoms with Crippen LogP contribution in [-0.4, -0.2) is 35.3 Å². The lowest BCUT2D eigenvalue weighted by Gasteiger charge is -2.34. The van der Waals surface area contributed by atoms with Gasteiger partial charge in [-0.2, -0.15) is 0 Å². The highest BCUT2D eigenvalue weighted by Gasteiger charge is 2.32. The van der Waals surface area contributed by atoms with Crippen LogP contribution in [0.4, 0.5) is 4.79 Å². The molecule has 0 bridgehead atoms. The van der Waals surface area contributed by atoms with E-state index in [0.29, 0.717) is 32.3 Å². The summed E-state index contributed by atoms with van der Waals surface area (Å²) in [5.74, 6) is 5.60. The molecule has 0 atom stereocenters. The first-order valence-corrected chi connectivity index (χ1v) is 7.18.